The highest BCUT2D eigenvalue weighted by atomic mass is 79.9. The molecule has 5 nitrogen and oxygen atoms in total. The van der Waals surface area contributed by atoms with E-state index in [1.165, 1.54) is 0 Å². The summed E-state index contributed by atoms with van der Waals surface area (Å²) in [6.45, 7) is 4.72. The predicted octanol–water partition coefficient (Wildman–Crippen LogP) is 1.50. The van der Waals surface area contributed by atoms with Gasteiger partial charge in [-0.3, -0.25) is 9.59 Å². The lowest BCUT2D eigenvalue weighted by atomic mass is 10.2. The van der Waals surface area contributed by atoms with E-state index >= 15 is 0 Å². The lowest BCUT2D eigenvalue weighted by Crippen LogP contribution is -2.40. The Bertz CT molecular complexity index is 519. The van der Waals surface area contributed by atoms with Crippen LogP contribution in [0.1, 0.15) is 29.5 Å². The number of carbonyl (C=O) groups excluding carboxylic acids is 2. The van der Waals surface area contributed by atoms with Crippen molar-refractivity contribution in [1.82, 2.24) is 15.2 Å². The number of pyridine rings is 1. The van der Waals surface area contributed by atoms with Crippen molar-refractivity contribution in [3.63, 3.8) is 0 Å². The van der Waals surface area contributed by atoms with Gasteiger partial charge in [0.2, 0.25) is 5.91 Å². The van der Waals surface area contributed by atoms with Gasteiger partial charge in [0.05, 0.1) is 0 Å². The summed E-state index contributed by atoms with van der Waals surface area (Å²) in [5.41, 5.74) is 1.20. The summed E-state index contributed by atoms with van der Waals surface area (Å²) in [6.07, 6.45) is 0.329. The summed E-state index contributed by atoms with van der Waals surface area (Å²) in [5, 5.41) is 2.77. The van der Waals surface area contributed by atoms with Crippen molar-refractivity contribution >= 4 is 27.7 Å². The summed E-state index contributed by atoms with van der Waals surface area (Å²) < 4.78 is 0.679. The summed E-state index contributed by atoms with van der Waals surface area (Å²) in [4.78, 5) is 30.0. The molecule has 2 heterocycles. The van der Waals surface area contributed by atoms with E-state index in [9.17, 15) is 9.59 Å². The number of nitrogens with zero attached hydrogens (tertiary/aromatic N) is 2. The highest BCUT2D eigenvalue weighted by Gasteiger charge is 2.27. The topological polar surface area (TPSA) is 62.3 Å². The van der Waals surface area contributed by atoms with Crippen LogP contribution in [0.15, 0.2) is 16.6 Å². The molecule has 1 N–H and O–H groups in total. The first-order valence-corrected chi connectivity index (χ1v) is 6.99. The van der Waals surface area contributed by atoms with Crippen LogP contribution in [0.4, 0.5) is 0 Å². The molecule has 1 aliphatic rings. The van der Waals surface area contributed by atoms with Gasteiger partial charge in [0.15, 0.2) is 0 Å². The van der Waals surface area contributed by atoms with Gasteiger partial charge in [-0.15, -0.1) is 0 Å². The molecule has 1 fully saturated rings. The Balaban J connectivity index is 2.27. The maximum absolute atomic E-state index is 12.5. The molecule has 1 atom stereocenters. The van der Waals surface area contributed by atoms with Crippen molar-refractivity contribution in [2.75, 3.05) is 13.1 Å². The zero-order valence-corrected chi connectivity index (χ0v) is 12.5. The molecule has 0 bridgehead atoms. The first-order chi connectivity index (χ1) is 8.99. The average Bonchev–Trinajstić information content (AvgIpc) is 2.52. The quantitative estimate of drug-likeness (QED) is 0.851. The molecule has 19 heavy (non-hydrogen) atoms. The molecular formula is C13H16BrN3O2. The molecule has 2 rings (SSSR count). The zero-order chi connectivity index (χ0) is 14.0. The predicted molar refractivity (Wildman–Crippen MR) is 74.8 cm³/mol. The monoisotopic (exact) mass is 325 g/mol. The van der Waals surface area contributed by atoms with Gasteiger partial charge in [0.25, 0.3) is 5.91 Å². The van der Waals surface area contributed by atoms with Crippen LogP contribution in [-0.2, 0) is 4.79 Å². The minimum absolute atomic E-state index is 0.0148. The third kappa shape index (κ3) is 3.12. The Hall–Kier alpha value is -1.43. The van der Waals surface area contributed by atoms with E-state index in [-0.39, 0.29) is 17.9 Å². The van der Waals surface area contributed by atoms with Crippen molar-refractivity contribution in [2.45, 2.75) is 26.3 Å². The fourth-order valence-electron chi connectivity index (χ4n) is 2.11. The number of halogens is 1. The van der Waals surface area contributed by atoms with E-state index in [4.69, 9.17) is 0 Å². The van der Waals surface area contributed by atoms with Gasteiger partial charge in [0.1, 0.15) is 5.69 Å². The normalized spacial score (nSPS) is 19.8. The number of nitrogens with one attached hydrogen (secondary N) is 1. The standard InChI is InChI=1S/C13H16BrN3O2/c1-8-3-4-10(14)12(16-8)13(19)17-6-5-15-11(18)7-9(17)2/h3-4,9H,5-7H2,1-2H3,(H,15,18). The van der Waals surface area contributed by atoms with Crippen molar-refractivity contribution in [3.8, 4) is 0 Å². The number of hydrogen-bond donors (Lipinski definition) is 1. The number of carbonyl (C=O) groups is 2. The van der Waals surface area contributed by atoms with Gasteiger partial charge >= 0.3 is 0 Å². The smallest absolute Gasteiger partial charge is 0.273 e. The van der Waals surface area contributed by atoms with Crippen LogP contribution >= 0.6 is 15.9 Å². The summed E-state index contributed by atoms with van der Waals surface area (Å²) in [5.74, 6) is -0.154. The van der Waals surface area contributed by atoms with Crippen LogP contribution in [0.3, 0.4) is 0 Å². The van der Waals surface area contributed by atoms with E-state index in [1.807, 2.05) is 26.0 Å². The lowest BCUT2D eigenvalue weighted by Gasteiger charge is -2.26. The van der Waals surface area contributed by atoms with Crippen molar-refractivity contribution in [3.05, 3.63) is 28.0 Å². The zero-order valence-electron chi connectivity index (χ0n) is 10.9. The third-order valence-corrected chi connectivity index (χ3v) is 3.78. The van der Waals surface area contributed by atoms with E-state index < -0.39 is 0 Å². The molecule has 6 heteroatoms. The first-order valence-electron chi connectivity index (χ1n) is 6.20. The molecule has 1 aromatic rings. The Kier molecular flexibility index (Phi) is 4.19. The average molecular weight is 326 g/mol. The van der Waals surface area contributed by atoms with Crippen molar-refractivity contribution in [2.24, 2.45) is 0 Å². The Labute approximate surface area is 120 Å². The van der Waals surface area contributed by atoms with Crippen LogP contribution in [0.5, 0.6) is 0 Å². The fourth-order valence-corrected chi connectivity index (χ4v) is 2.50. The Morgan fingerprint density at radius 3 is 3.00 bits per heavy atom. The number of hydrogen-bond acceptors (Lipinski definition) is 3. The van der Waals surface area contributed by atoms with Crippen LogP contribution in [0, 0.1) is 6.92 Å². The van der Waals surface area contributed by atoms with Crippen LogP contribution in [0.25, 0.3) is 0 Å². The van der Waals surface area contributed by atoms with E-state index in [1.54, 1.807) is 4.90 Å². The molecule has 1 aromatic heterocycles. The van der Waals surface area contributed by atoms with Crippen LogP contribution < -0.4 is 5.32 Å². The molecule has 2 amide bonds. The first kappa shape index (κ1) is 14.0. The highest BCUT2D eigenvalue weighted by Crippen LogP contribution is 2.19. The molecule has 0 radical (unpaired) electrons. The van der Waals surface area contributed by atoms with Gasteiger partial charge < -0.3 is 10.2 Å². The van der Waals surface area contributed by atoms with E-state index in [0.29, 0.717) is 29.7 Å². The van der Waals surface area contributed by atoms with Gasteiger partial charge in [-0.2, -0.15) is 0 Å². The Morgan fingerprint density at radius 1 is 1.53 bits per heavy atom. The number of amides is 2. The summed E-state index contributed by atoms with van der Waals surface area (Å²) >= 11 is 3.36. The number of aromatic nitrogens is 1. The second kappa shape index (κ2) is 5.69. The van der Waals surface area contributed by atoms with Gasteiger partial charge in [-0.05, 0) is 41.9 Å². The van der Waals surface area contributed by atoms with Gasteiger partial charge in [-0.1, -0.05) is 0 Å². The maximum atomic E-state index is 12.5. The van der Waals surface area contributed by atoms with Gasteiger partial charge in [-0.25, -0.2) is 4.98 Å². The summed E-state index contributed by atoms with van der Waals surface area (Å²) in [7, 11) is 0. The SMILES string of the molecule is Cc1ccc(Br)c(C(=O)N2CCNC(=O)CC2C)n1. The molecular weight excluding hydrogens is 310 g/mol. The Morgan fingerprint density at radius 2 is 2.26 bits per heavy atom. The largest absolute Gasteiger partial charge is 0.354 e. The molecule has 0 spiro atoms. The fraction of sp³-hybridized carbons (Fsp3) is 0.462. The van der Waals surface area contributed by atoms with E-state index in [0.717, 1.165) is 5.69 Å². The van der Waals surface area contributed by atoms with Crippen molar-refractivity contribution < 1.29 is 9.59 Å². The van der Waals surface area contributed by atoms with Crippen molar-refractivity contribution in [1.29, 1.82) is 0 Å². The number of aryl methyl sites for hydroxylation is 1. The molecule has 0 saturated carbocycles. The molecule has 0 aliphatic carbocycles. The maximum Gasteiger partial charge on any atom is 0.273 e. The van der Waals surface area contributed by atoms with Gasteiger partial charge in [0, 0.05) is 35.7 Å². The van der Waals surface area contributed by atoms with Crippen LogP contribution in [-0.4, -0.2) is 40.8 Å². The molecule has 1 saturated heterocycles. The minimum atomic E-state index is -0.139. The molecule has 0 aromatic carbocycles. The van der Waals surface area contributed by atoms with E-state index in [2.05, 4.69) is 26.2 Å². The third-order valence-electron chi connectivity index (χ3n) is 3.14. The van der Waals surface area contributed by atoms with Crippen LogP contribution in [0.2, 0.25) is 0 Å². The number of rotatable bonds is 1. The second-order valence-corrected chi connectivity index (χ2v) is 5.54. The molecule has 1 aliphatic heterocycles. The summed E-state index contributed by atoms with van der Waals surface area (Å²) in [6, 6.07) is 3.54. The minimum Gasteiger partial charge on any atom is -0.354 e. The second-order valence-electron chi connectivity index (χ2n) is 4.68. The molecule has 1 unspecified atom stereocenters. The molecule has 102 valence electrons. The lowest BCUT2D eigenvalue weighted by molar-refractivity contribution is -0.121. The highest BCUT2D eigenvalue weighted by molar-refractivity contribution is 9.10.